The molecular formula is C10H15NO2S2. The van der Waals surface area contributed by atoms with Gasteiger partial charge in [0.25, 0.3) is 0 Å². The van der Waals surface area contributed by atoms with E-state index in [0.29, 0.717) is 22.9 Å². The van der Waals surface area contributed by atoms with E-state index in [9.17, 15) is 4.79 Å². The Hall–Kier alpha value is -0.680. The monoisotopic (exact) mass is 245 g/mol. The summed E-state index contributed by atoms with van der Waals surface area (Å²) in [7, 11) is 0. The molecule has 0 bridgehead atoms. The zero-order chi connectivity index (χ0) is 11.4. The van der Waals surface area contributed by atoms with Crippen molar-refractivity contribution in [3.8, 4) is 0 Å². The molecule has 0 aliphatic rings. The van der Waals surface area contributed by atoms with Crippen LogP contribution in [0.4, 0.5) is 0 Å². The molecule has 1 rings (SSSR count). The predicted octanol–water partition coefficient (Wildman–Crippen LogP) is 2.86. The Morgan fingerprint density at radius 1 is 1.60 bits per heavy atom. The van der Waals surface area contributed by atoms with Crippen molar-refractivity contribution < 1.29 is 9.53 Å². The third kappa shape index (κ3) is 4.13. The maximum Gasteiger partial charge on any atom is 0.311 e. The Morgan fingerprint density at radius 3 is 2.73 bits per heavy atom. The van der Waals surface area contributed by atoms with Crippen molar-refractivity contribution in [3.63, 3.8) is 0 Å². The minimum Gasteiger partial charge on any atom is -0.465 e. The molecule has 0 aliphatic heterocycles. The summed E-state index contributed by atoms with van der Waals surface area (Å²) in [5.41, 5.74) is 0.964. The molecule has 0 unspecified atom stereocenters. The SMILES string of the molecule is Cc1[nH]c(=S)sc1CC(=O)OCC(C)C. The van der Waals surface area contributed by atoms with E-state index in [1.807, 2.05) is 20.8 Å². The first-order chi connectivity index (χ1) is 6.99. The standard InChI is InChI=1S/C10H15NO2S2/c1-6(2)5-13-9(12)4-8-7(3)11-10(14)15-8/h6H,4-5H2,1-3H3,(H,11,14). The smallest absolute Gasteiger partial charge is 0.311 e. The molecule has 0 saturated heterocycles. The second kappa shape index (κ2) is 5.42. The van der Waals surface area contributed by atoms with Gasteiger partial charge in [-0.2, -0.15) is 0 Å². The highest BCUT2D eigenvalue weighted by Gasteiger charge is 2.10. The van der Waals surface area contributed by atoms with Crippen LogP contribution in [0.1, 0.15) is 24.4 Å². The summed E-state index contributed by atoms with van der Waals surface area (Å²) in [6.45, 7) is 6.42. The van der Waals surface area contributed by atoms with E-state index in [0.717, 1.165) is 10.6 Å². The van der Waals surface area contributed by atoms with Gasteiger partial charge in [0.15, 0.2) is 3.95 Å². The lowest BCUT2D eigenvalue weighted by Gasteiger charge is -2.06. The molecule has 0 saturated carbocycles. The number of nitrogens with one attached hydrogen (secondary N) is 1. The second-order valence-corrected chi connectivity index (χ2v) is 5.59. The van der Waals surface area contributed by atoms with Crippen molar-refractivity contribution in [2.75, 3.05) is 6.61 Å². The summed E-state index contributed by atoms with van der Waals surface area (Å²) in [4.78, 5) is 15.4. The number of carbonyl (C=O) groups is 1. The molecule has 0 radical (unpaired) electrons. The molecular weight excluding hydrogens is 230 g/mol. The molecule has 0 spiro atoms. The number of hydrogen-bond donors (Lipinski definition) is 1. The fourth-order valence-corrected chi connectivity index (χ4v) is 2.32. The number of hydrogen-bond acceptors (Lipinski definition) is 4. The molecule has 0 aliphatic carbocycles. The van der Waals surface area contributed by atoms with Gasteiger partial charge >= 0.3 is 5.97 Å². The van der Waals surface area contributed by atoms with Crippen molar-refractivity contribution in [1.82, 2.24) is 4.98 Å². The molecule has 0 atom stereocenters. The quantitative estimate of drug-likeness (QED) is 0.655. The first-order valence-corrected chi connectivity index (χ1v) is 6.05. The lowest BCUT2D eigenvalue weighted by molar-refractivity contribution is -0.143. The molecule has 1 aromatic heterocycles. The Morgan fingerprint density at radius 2 is 2.27 bits per heavy atom. The van der Waals surface area contributed by atoms with Crippen LogP contribution in [0.5, 0.6) is 0 Å². The van der Waals surface area contributed by atoms with E-state index >= 15 is 0 Å². The van der Waals surface area contributed by atoms with E-state index in [2.05, 4.69) is 4.98 Å². The van der Waals surface area contributed by atoms with Gasteiger partial charge in [-0.05, 0) is 25.1 Å². The normalized spacial score (nSPS) is 10.7. The second-order valence-electron chi connectivity index (χ2n) is 3.82. The highest BCUT2D eigenvalue weighted by atomic mass is 32.1. The van der Waals surface area contributed by atoms with Gasteiger partial charge < -0.3 is 9.72 Å². The molecule has 1 heterocycles. The van der Waals surface area contributed by atoms with Gasteiger partial charge in [0.1, 0.15) is 0 Å². The minimum atomic E-state index is -0.183. The number of ether oxygens (including phenoxy) is 1. The number of H-pyrrole nitrogens is 1. The lowest BCUT2D eigenvalue weighted by Crippen LogP contribution is -2.12. The molecule has 0 amide bonds. The Kier molecular flexibility index (Phi) is 4.47. The summed E-state index contributed by atoms with van der Waals surface area (Å²) in [6, 6.07) is 0. The number of carbonyl (C=O) groups excluding carboxylic acids is 1. The molecule has 3 nitrogen and oxygen atoms in total. The lowest BCUT2D eigenvalue weighted by atomic mass is 10.2. The van der Waals surface area contributed by atoms with E-state index in [1.165, 1.54) is 11.3 Å². The van der Waals surface area contributed by atoms with Gasteiger partial charge in [-0.1, -0.05) is 13.8 Å². The number of aryl methyl sites for hydroxylation is 1. The van der Waals surface area contributed by atoms with Gasteiger partial charge in [0.05, 0.1) is 13.0 Å². The average molecular weight is 245 g/mol. The number of rotatable bonds is 4. The number of aromatic nitrogens is 1. The largest absolute Gasteiger partial charge is 0.465 e. The predicted molar refractivity (Wildman–Crippen MR) is 63.7 cm³/mol. The molecule has 84 valence electrons. The third-order valence-electron chi connectivity index (χ3n) is 1.81. The Balaban J connectivity index is 2.51. The highest BCUT2D eigenvalue weighted by Crippen LogP contribution is 2.15. The van der Waals surface area contributed by atoms with E-state index in [1.54, 1.807) is 0 Å². The molecule has 0 fully saturated rings. The fraction of sp³-hybridized carbons (Fsp3) is 0.600. The first kappa shape index (κ1) is 12.4. The van der Waals surface area contributed by atoms with Gasteiger partial charge in [-0.25, -0.2) is 0 Å². The first-order valence-electron chi connectivity index (χ1n) is 4.83. The van der Waals surface area contributed by atoms with Crippen LogP contribution in [0.2, 0.25) is 0 Å². The van der Waals surface area contributed by atoms with Crippen LogP contribution in [0.15, 0.2) is 0 Å². The van der Waals surface area contributed by atoms with Gasteiger partial charge in [0.2, 0.25) is 0 Å². The van der Waals surface area contributed by atoms with Crippen molar-refractivity contribution in [1.29, 1.82) is 0 Å². The fourth-order valence-electron chi connectivity index (χ4n) is 1.05. The van der Waals surface area contributed by atoms with Gasteiger partial charge in [-0.3, -0.25) is 4.79 Å². The van der Waals surface area contributed by atoms with E-state index in [-0.39, 0.29) is 5.97 Å². The summed E-state index contributed by atoms with van der Waals surface area (Å²) in [6.07, 6.45) is 0.316. The van der Waals surface area contributed by atoms with Crippen LogP contribution in [0.3, 0.4) is 0 Å². The summed E-state index contributed by atoms with van der Waals surface area (Å²) in [5, 5.41) is 0. The topological polar surface area (TPSA) is 42.1 Å². The molecule has 5 heteroatoms. The average Bonchev–Trinajstić information content (AvgIpc) is 2.42. The van der Waals surface area contributed by atoms with Crippen LogP contribution in [0.25, 0.3) is 0 Å². The van der Waals surface area contributed by atoms with Crippen LogP contribution in [-0.2, 0) is 16.0 Å². The summed E-state index contributed by atoms with van der Waals surface area (Å²) in [5.74, 6) is 0.191. The summed E-state index contributed by atoms with van der Waals surface area (Å²) < 4.78 is 5.80. The molecule has 15 heavy (non-hydrogen) atoms. The Bertz CT molecular complexity index is 392. The molecule has 0 aromatic carbocycles. The van der Waals surface area contributed by atoms with Crippen molar-refractivity contribution in [2.24, 2.45) is 5.92 Å². The van der Waals surface area contributed by atoms with Crippen molar-refractivity contribution >= 4 is 29.5 Å². The Labute approximate surface area is 98.5 Å². The molecule has 1 N–H and O–H groups in total. The number of esters is 1. The number of thiazole rings is 1. The van der Waals surface area contributed by atoms with Crippen LogP contribution >= 0.6 is 23.6 Å². The van der Waals surface area contributed by atoms with E-state index in [4.69, 9.17) is 17.0 Å². The number of aromatic amines is 1. The van der Waals surface area contributed by atoms with E-state index < -0.39 is 0 Å². The van der Waals surface area contributed by atoms with Crippen LogP contribution in [-0.4, -0.2) is 17.6 Å². The van der Waals surface area contributed by atoms with Gasteiger partial charge in [0, 0.05) is 10.6 Å². The zero-order valence-corrected chi connectivity index (χ0v) is 10.8. The zero-order valence-electron chi connectivity index (χ0n) is 9.12. The third-order valence-corrected chi connectivity index (χ3v) is 3.14. The highest BCUT2D eigenvalue weighted by molar-refractivity contribution is 7.73. The van der Waals surface area contributed by atoms with Crippen LogP contribution < -0.4 is 0 Å². The van der Waals surface area contributed by atoms with Crippen molar-refractivity contribution in [2.45, 2.75) is 27.2 Å². The van der Waals surface area contributed by atoms with Crippen molar-refractivity contribution in [3.05, 3.63) is 14.5 Å². The minimum absolute atomic E-state index is 0.183. The van der Waals surface area contributed by atoms with Crippen LogP contribution in [0, 0.1) is 16.8 Å². The maximum atomic E-state index is 11.4. The molecule has 1 aromatic rings. The van der Waals surface area contributed by atoms with Gasteiger partial charge in [-0.15, -0.1) is 11.3 Å². The maximum absolute atomic E-state index is 11.4. The summed E-state index contributed by atoms with van der Waals surface area (Å²) >= 11 is 6.43.